The van der Waals surface area contributed by atoms with Crippen LogP contribution < -0.4 is 18.9 Å². The fourth-order valence-corrected chi connectivity index (χ4v) is 10.5. The molecule has 0 spiro atoms. The van der Waals surface area contributed by atoms with E-state index in [-0.39, 0.29) is 0 Å². The molecule has 0 N–H and O–H groups in total. The van der Waals surface area contributed by atoms with Crippen LogP contribution in [0, 0.1) is 0 Å². The van der Waals surface area contributed by atoms with Gasteiger partial charge in [-0.3, -0.25) is 0 Å². The Kier molecular flexibility index (Phi) is 9.18. The van der Waals surface area contributed by atoms with Gasteiger partial charge in [-0.15, -0.1) is 44.2 Å². The molecular weight excluding hydrogens is 793 g/mol. The second-order valence-corrected chi connectivity index (χ2v) is 17.2. The van der Waals surface area contributed by atoms with Crippen LogP contribution in [0.5, 0.6) is 23.0 Å². The molecule has 0 saturated heterocycles. The van der Waals surface area contributed by atoms with E-state index < -0.39 is 0 Å². The number of hydrogen-bond donors (Lipinski definition) is 0. The lowest BCUT2D eigenvalue weighted by molar-refractivity contribution is 0.173. The number of rotatable bonds is 8. The van der Waals surface area contributed by atoms with Gasteiger partial charge in [0.1, 0.15) is 37.9 Å². The van der Waals surface area contributed by atoms with Gasteiger partial charge in [0.05, 0.1) is 31.9 Å². The third kappa shape index (κ3) is 6.53. The molecule has 8 nitrogen and oxygen atoms in total. The predicted molar refractivity (Wildman–Crippen MR) is 243 cm³/mol. The Morgan fingerprint density at radius 3 is 1.03 bits per heavy atom. The first kappa shape index (κ1) is 35.5. The van der Waals surface area contributed by atoms with E-state index in [0.717, 1.165) is 74.4 Å². The van der Waals surface area contributed by atoms with Gasteiger partial charge in [0, 0.05) is 32.0 Å². The normalized spacial score (nSPS) is 14.7. The van der Waals surface area contributed by atoms with Gasteiger partial charge >= 0.3 is 0 Å². The van der Waals surface area contributed by atoms with Crippen molar-refractivity contribution in [2.75, 3.05) is 26.4 Å². The van der Waals surface area contributed by atoms with E-state index in [0.29, 0.717) is 37.9 Å². The Bertz CT molecular complexity index is 2690. The molecular formula is C48H32N4O4S3. The van der Waals surface area contributed by atoms with Crippen LogP contribution in [0.2, 0.25) is 0 Å². The minimum Gasteiger partial charge on any atom is -0.485 e. The van der Waals surface area contributed by atoms with Gasteiger partial charge < -0.3 is 18.9 Å². The number of thiophene rings is 3. The van der Waals surface area contributed by atoms with Crippen molar-refractivity contribution in [3.05, 3.63) is 161 Å². The Hall–Kier alpha value is -6.66. The van der Waals surface area contributed by atoms with E-state index in [9.17, 15) is 0 Å². The number of benzene rings is 4. The molecule has 0 saturated carbocycles. The highest BCUT2D eigenvalue weighted by Gasteiger charge is 2.27. The molecule has 59 heavy (non-hydrogen) atoms. The zero-order chi connectivity index (χ0) is 39.1. The summed E-state index contributed by atoms with van der Waals surface area (Å²) in [5, 5.41) is 18.5. The van der Waals surface area contributed by atoms with Crippen molar-refractivity contribution >= 4 is 82.2 Å². The maximum Gasteiger partial charge on any atom is 0.181 e. The lowest BCUT2D eigenvalue weighted by atomic mass is 10.1. The van der Waals surface area contributed by atoms with Gasteiger partial charge in [-0.25, -0.2) is 0 Å². The molecule has 3 aromatic heterocycles. The highest BCUT2D eigenvalue weighted by Crippen LogP contribution is 2.46. The number of nitrogens with zero attached hydrogens (tertiary/aromatic N) is 4. The summed E-state index contributed by atoms with van der Waals surface area (Å²) in [6.45, 7) is 1.97. The van der Waals surface area contributed by atoms with Crippen LogP contribution in [0.15, 0.2) is 130 Å². The van der Waals surface area contributed by atoms with Gasteiger partial charge in [0.2, 0.25) is 0 Å². The van der Waals surface area contributed by atoms with Gasteiger partial charge in [-0.05, 0) is 58.7 Å². The van der Waals surface area contributed by atoms with Crippen LogP contribution in [0.1, 0.15) is 51.5 Å². The Morgan fingerprint density at radius 2 is 0.678 bits per heavy atom. The summed E-state index contributed by atoms with van der Waals surface area (Å²) in [5.41, 5.74) is 10.8. The van der Waals surface area contributed by atoms with Crippen molar-refractivity contribution in [2.24, 2.45) is 20.4 Å². The average Bonchev–Trinajstić information content (AvgIpc) is 4.11. The molecule has 286 valence electrons. The first-order valence-corrected chi connectivity index (χ1v) is 21.6. The van der Waals surface area contributed by atoms with Gasteiger partial charge in [0.25, 0.3) is 0 Å². The standard InChI is InChI=1S/C48H32N4O4S3/c1-5-13-35-31(9-1)32-10-2-6-14-36(32)43(35)51-49-27-41-47-45(53-23-25-55-47)39(58-41)21-19-29-17-18-30(57-29)20-22-40-46-48(56-26-24-54-46)42(59-40)28-50-52-44-37-15-7-3-11-33(37)34-12-4-8-16-38(34)44/h1-22,27-28H,23-26H2/b21-19+,22-20+,49-27+,50-28+. The summed E-state index contributed by atoms with van der Waals surface area (Å²) in [4.78, 5) is 5.90. The van der Waals surface area contributed by atoms with E-state index in [2.05, 4.69) is 119 Å². The average molecular weight is 825 g/mol. The van der Waals surface area contributed by atoms with Crippen LogP contribution in [0.3, 0.4) is 0 Å². The molecule has 0 amide bonds. The number of fused-ring (bicyclic) bond motifs is 8. The molecule has 0 bridgehead atoms. The highest BCUT2D eigenvalue weighted by molar-refractivity contribution is 7.16. The number of ether oxygens (including phenoxy) is 4. The summed E-state index contributed by atoms with van der Waals surface area (Å²) in [6.07, 6.45) is 11.9. The second-order valence-electron chi connectivity index (χ2n) is 13.8. The largest absolute Gasteiger partial charge is 0.485 e. The molecule has 11 heteroatoms. The number of hydrogen-bond acceptors (Lipinski definition) is 11. The van der Waals surface area contributed by atoms with Crippen LogP contribution in [-0.2, 0) is 0 Å². The maximum atomic E-state index is 6.11. The lowest BCUT2D eigenvalue weighted by Crippen LogP contribution is -2.15. The third-order valence-corrected chi connectivity index (χ3v) is 13.4. The minimum absolute atomic E-state index is 0.488. The van der Waals surface area contributed by atoms with Crippen LogP contribution in [0.25, 0.3) is 46.6 Å². The lowest BCUT2D eigenvalue weighted by Gasteiger charge is -2.16. The SMILES string of the molecule is C(=C\c1sc(/C=N/N=C2c3ccccc3-c3ccccc32)c2c1OCCO2)/c1ccc(/C=C/c2sc(/C=N/N=C3c4ccccc4-c4ccccc43)c3c2OCCO3)s1. The molecule has 4 aliphatic rings. The predicted octanol–water partition coefficient (Wildman–Crippen LogP) is 11.5. The summed E-state index contributed by atoms with van der Waals surface area (Å²) >= 11 is 4.85. The third-order valence-electron chi connectivity index (χ3n) is 10.3. The molecule has 0 atom stereocenters. The van der Waals surface area contributed by atoms with Gasteiger partial charge in [0.15, 0.2) is 23.0 Å². The molecule has 5 heterocycles. The second kappa shape index (κ2) is 15.3. The Balaban J connectivity index is 0.817. The van der Waals surface area contributed by atoms with Crippen molar-refractivity contribution in [3.63, 3.8) is 0 Å². The topological polar surface area (TPSA) is 86.4 Å². The van der Waals surface area contributed by atoms with E-state index >= 15 is 0 Å². The summed E-state index contributed by atoms with van der Waals surface area (Å²) in [5.74, 6) is 2.91. The molecule has 0 fully saturated rings. The zero-order valence-electron chi connectivity index (χ0n) is 31.3. The fraction of sp³-hybridized carbons (Fsp3) is 0.0833. The first-order valence-electron chi connectivity index (χ1n) is 19.2. The highest BCUT2D eigenvalue weighted by atomic mass is 32.1. The fourth-order valence-electron chi connectivity index (χ4n) is 7.73. The summed E-state index contributed by atoms with van der Waals surface area (Å²) < 4.78 is 24.4. The molecule has 0 unspecified atom stereocenters. The van der Waals surface area contributed by atoms with Crippen LogP contribution in [-0.4, -0.2) is 50.3 Å². The van der Waals surface area contributed by atoms with Crippen molar-refractivity contribution in [2.45, 2.75) is 0 Å². The maximum absolute atomic E-state index is 6.11. The van der Waals surface area contributed by atoms with E-state index in [1.54, 1.807) is 46.4 Å². The molecule has 4 aromatic carbocycles. The van der Waals surface area contributed by atoms with Crippen molar-refractivity contribution in [1.82, 2.24) is 0 Å². The quantitative estimate of drug-likeness (QED) is 0.113. The summed E-state index contributed by atoms with van der Waals surface area (Å²) in [6, 6.07) is 37.5. The van der Waals surface area contributed by atoms with Crippen LogP contribution >= 0.6 is 34.0 Å². The molecule has 7 aromatic rings. The smallest absolute Gasteiger partial charge is 0.181 e. The Labute approximate surface area is 352 Å². The van der Waals surface area contributed by atoms with Gasteiger partial charge in [-0.1, -0.05) is 97.1 Å². The van der Waals surface area contributed by atoms with Gasteiger partial charge in [-0.2, -0.15) is 10.2 Å². The van der Waals surface area contributed by atoms with Crippen molar-refractivity contribution in [1.29, 1.82) is 0 Å². The summed E-state index contributed by atoms with van der Waals surface area (Å²) in [7, 11) is 0. The molecule has 0 radical (unpaired) electrons. The first-order chi connectivity index (χ1) is 29.3. The molecule has 11 rings (SSSR count). The van der Waals surface area contributed by atoms with E-state index in [1.807, 2.05) is 24.3 Å². The van der Waals surface area contributed by atoms with E-state index in [1.165, 1.54) is 22.3 Å². The molecule has 2 aliphatic carbocycles. The zero-order valence-corrected chi connectivity index (χ0v) is 33.8. The monoisotopic (exact) mass is 824 g/mol. The van der Waals surface area contributed by atoms with Crippen LogP contribution in [0.4, 0.5) is 0 Å². The Morgan fingerprint density at radius 1 is 0.356 bits per heavy atom. The van der Waals surface area contributed by atoms with Crippen molar-refractivity contribution in [3.8, 4) is 45.3 Å². The van der Waals surface area contributed by atoms with Crippen molar-refractivity contribution < 1.29 is 18.9 Å². The molecule has 2 aliphatic heterocycles. The minimum atomic E-state index is 0.488. The van der Waals surface area contributed by atoms with E-state index in [4.69, 9.17) is 29.2 Å².